The lowest BCUT2D eigenvalue weighted by Crippen LogP contribution is -2.44. The zero-order valence-corrected chi connectivity index (χ0v) is 21.1. The van der Waals surface area contributed by atoms with Crippen LogP contribution < -0.4 is 5.63 Å². The average Bonchev–Trinajstić information content (AvgIpc) is 2.67. The van der Waals surface area contributed by atoms with Gasteiger partial charge in [-0.1, -0.05) is 17.7 Å². The molecule has 2 aromatic carbocycles. The molecule has 3 aromatic rings. The van der Waals surface area contributed by atoms with Gasteiger partial charge in [-0.25, -0.2) is 4.79 Å². The lowest BCUT2D eigenvalue weighted by atomic mass is 10.1. The second kappa shape index (κ2) is 9.12. The highest BCUT2D eigenvalue weighted by Crippen LogP contribution is 2.22. The van der Waals surface area contributed by atoms with E-state index in [0.717, 1.165) is 9.13 Å². The fourth-order valence-electron chi connectivity index (χ4n) is 3.45. The van der Waals surface area contributed by atoms with Gasteiger partial charge in [0.15, 0.2) is 5.84 Å². The van der Waals surface area contributed by atoms with Crippen molar-refractivity contribution in [2.24, 2.45) is 4.40 Å². The van der Waals surface area contributed by atoms with E-state index in [-0.39, 0.29) is 28.4 Å². The molecule has 8 heteroatoms. The maximum atomic E-state index is 13.2. The summed E-state index contributed by atoms with van der Waals surface area (Å²) in [5.74, 6) is 0.0834. The summed E-state index contributed by atoms with van der Waals surface area (Å²) in [6.45, 7) is 9.60. The molecule has 0 aliphatic heterocycles. The van der Waals surface area contributed by atoms with Gasteiger partial charge in [0.25, 0.3) is 10.0 Å². The van der Waals surface area contributed by atoms with E-state index in [1.165, 1.54) is 12.1 Å². The van der Waals surface area contributed by atoms with Gasteiger partial charge in [0.2, 0.25) is 0 Å². The average molecular weight is 552 g/mol. The van der Waals surface area contributed by atoms with Crippen molar-refractivity contribution >= 4 is 49.4 Å². The number of sulfonamides is 1. The summed E-state index contributed by atoms with van der Waals surface area (Å²) in [6.07, 6.45) is 0. The van der Waals surface area contributed by atoms with Crippen LogP contribution in [0.2, 0.25) is 0 Å². The zero-order chi connectivity index (χ0) is 22.9. The molecule has 0 saturated carbocycles. The summed E-state index contributed by atoms with van der Waals surface area (Å²) in [5.41, 5.74) is 0.875. The Hall–Kier alpha value is -2.20. The van der Waals surface area contributed by atoms with Crippen LogP contribution in [0.25, 0.3) is 11.0 Å². The molecule has 0 aliphatic carbocycles. The first-order valence-electron chi connectivity index (χ1n) is 9.93. The van der Waals surface area contributed by atoms with Crippen LogP contribution in [0.5, 0.6) is 0 Å². The summed E-state index contributed by atoms with van der Waals surface area (Å²) in [6, 6.07) is 13.4. The Morgan fingerprint density at radius 1 is 1.00 bits per heavy atom. The number of amidine groups is 1. The molecule has 6 nitrogen and oxygen atoms in total. The summed E-state index contributed by atoms with van der Waals surface area (Å²) in [4.78, 5) is 14.8. The van der Waals surface area contributed by atoms with E-state index in [2.05, 4.69) is 27.0 Å². The van der Waals surface area contributed by atoms with E-state index in [1.54, 1.807) is 24.3 Å². The van der Waals surface area contributed by atoms with Crippen molar-refractivity contribution in [1.82, 2.24) is 4.90 Å². The molecule has 1 heterocycles. The second-order valence-corrected chi connectivity index (χ2v) is 10.8. The van der Waals surface area contributed by atoms with E-state index in [4.69, 9.17) is 4.42 Å². The van der Waals surface area contributed by atoms with E-state index >= 15 is 0 Å². The summed E-state index contributed by atoms with van der Waals surface area (Å²) in [5, 5.41) is 0.703. The molecule has 1 aromatic heterocycles. The monoisotopic (exact) mass is 552 g/mol. The number of aryl methyl sites for hydroxylation is 1. The Labute approximate surface area is 196 Å². The van der Waals surface area contributed by atoms with Gasteiger partial charge in [-0.2, -0.15) is 8.42 Å². The van der Waals surface area contributed by atoms with Crippen molar-refractivity contribution in [1.29, 1.82) is 0 Å². The molecule has 0 amide bonds. The van der Waals surface area contributed by atoms with Crippen LogP contribution in [0, 0.1) is 10.5 Å². The first-order chi connectivity index (χ1) is 14.5. The molecule has 0 aliphatic rings. The Bertz CT molecular complexity index is 1290. The smallest absolute Gasteiger partial charge is 0.347 e. The number of fused-ring (bicyclic) bond motifs is 1. The first-order valence-corrected chi connectivity index (χ1v) is 12.4. The van der Waals surface area contributed by atoms with E-state index in [0.29, 0.717) is 11.0 Å². The quantitative estimate of drug-likeness (QED) is 0.194. The number of benzene rings is 2. The fourth-order valence-corrected chi connectivity index (χ4v) is 4.97. The Morgan fingerprint density at radius 2 is 1.61 bits per heavy atom. The van der Waals surface area contributed by atoms with Crippen molar-refractivity contribution in [2.45, 2.75) is 51.6 Å². The van der Waals surface area contributed by atoms with Gasteiger partial charge >= 0.3 is 5.63 Å². The van der Waals surface area contributed by atoms with Crippen LogP contribution in [0.3, 0.4) is 0 Å². The van der Waals surface area contributed by atoms with E-state index in [9.17, 15) is 13.2 Å². The second-order valence-electron chi connectivity index (χ2n) is 7.93. The van der Waals surface area contributed by atoms with Gasteiger partial charge < -0.3 is 9.32 Å². The Morgan fingerprint density at radius 3 is 2.19 bits per heavy atom. The molecule has 3 rings (SSSR count). The zero-order valence-electron chi connectivity index (χ0n) is 18.1. The molecule has 0 atom stereocenters. The predicted molar refractivity (Wildman–Crippen MR) is 132 cm³/mol. The molecule has 0 fully saturated rings. The third-order valence-corrected chi connectivity index (χ3v) is 6.77. The minimum Gasteiger partial charge on any atom is -0.422 e. The van der Waals surface area contributed by atoms with Gasteiger partial charge in [0.05, 0.1) is 4.90 Å². The number of hydrogen-bond donors (Lipinski definition) is 0. The topological polar surface area (TPSA) is 80.0 Å². The number of rotatable bonds is 5. The van der Waals surface area contributed by atoms with Crippen LogP contribution in [-0.4, -0.2) is 31.2 Å². The van der Waals surface area contributed by atoms with Crippen LogP contribution in [-0.2, 0) is 10.0 Å². The number of nitrogens with zero attached hydrogens (tertiary/aromatic N) is 2. The highest BCUT2D eigenvalue weighted by Gasteiger charge is 2.27. The van der Waals surface area contributed by atoms with Gasteiger partial charge in [-0.05, 0) is 93.6 Å². The standard InChI is InChI=1S/C23H25IN2O4S/c1-14(2)26(15(3)4)22(25-31(28,29)19-9-6-16(5)7-10-19)20-13-17-12-18(24)8-11-21(17)30-23(20)27/h6-15H,1-5H3/b25-22+. The molecule has 0 unspecified atom stereocenters. The molecule has 31 heavy (non-hydrogen) atoms. The Balaban J connectivity index is 2.31. The maximum Gasteiger partial charge on any atom is 0.347 e. The molecule has 0 N–H and O–H groups in total. The van der Waals surface area contributed by atoms with Crippen molar-refractivity contribution in [3.8, 4) is 0 Å². The van der Waals surface area contributed by atoms with Crippen LogP contribution in [0.1, 0.15) is 38.8 Å². The Kier molecular flexibility index (Phi) is 6.90. The molecular formula is C23H25IN2O4S. The third-order valence-electron chi connectivity index (χ3n) is 4.82. The summed E-state index contributed by atoms with van der Waals surface area (Å²) >= 11 is 2.18. The fraction of sp³-hybridized carbons (Fsp3) is 0.304. The van der Waals surface area contributed by atoms with E-state index in [1.807, 2.05) is 51.7 Å². The van der Waals surface area contributed by atoms with E-state index < -0.39 is 15.6 Å². The molecular weight excluding hydrogens is 527 g/mol. The van der Waals surface area contributed by atoms with Crippen LogP contribution >= 0.6 is 22.6 Å². The largest absolute Gasteiger partial charge is 0.422 e. The van der Waals surface area contributed by atoms with Gasteiger partial charge in [0, 0.05) is 21.0 Å². The van der Waals surface area contributed by atoms with Crippen LogP contribution in [0.15, 0.2) is 67.0 Å². The van der Waals surface area contributed by atoms with Crippen molar-refractivity contribution in [3.05, 3.63) is 73.6 Å². The molecule has 164 valence electrons. The van der Waals surface area contributed by atoms with Gasteiger partial charge in [-0.3, -0.25) is 0 Å². The normalized spacial score (nSPS) is 12.7. The van der Waals surface area contributed by atoms with Gasteiger partial charge in [0.1, 0.15) is 11.1 Å². The number of hydrogen-bond acceptors (Lipinski definition) is 4. The summed E-state index contributed by atoms with van der Waals surface area (Å²) < 4.78 is 37.0. The maximum absolute atomic E-state index is 13.2. The molecule has 0 radical (unpaired) electrons. The first kappa shape index (κ1) is 23.5. The van der Waals surface area contributed by atoms with Crippen molar-refractivity contribution in [3.63, 3.8) is 0 Å². The van der Waals surface area contributed by atoms with Crippen molar-refractivity contribution < 1.29 is 12.8 Å². The molecule has 0 spiro atoms. The van der Waals surface area contributed by atoms with Crippen molar-refractivity contribution in [2.75, 3.05) is 0 Å². The lowest BCUT2D eigenvalue weighted by Gasteiger charge is -2.33. The third kappa shape index (κ3) is 5.17. The molecule has 0 saturated heterocycles. The minimum absolute atomic E-state index is 0.0720. The highest BCUT2D eigenvalue weighted by molar-refractivity contribution is 14.1. The van der Waals surface area contributed by atoms with Crippen LogP contribution in [0.4, 0.5) is 0 Å². The number of halogens is 1. The highest BCUT2D eigenvalue weighted by atomic mass is 127. The molecule has 0 bridgehead atoms. The minimum atomic E-state index is -4.05. The summed E-state index contributed by atoms with van der Waals surface area (Å²) in [7, 11) is -4.05. The van der Waals surface area contributed by atoms with Gasteiger partial charge in [-0.15, -0.1) is 4.40 Å². The predicted octanol–water partition coefficient (Wildman–Crippen LogP) is 4.96. The lowest BCUT2D eigenvalue weighted by molar-refractivity contribution is 0.292. The SMILES string of the molecule is Cc1ccc(S(=O)(=O)/N=C(\c2cc3cc(I)ccc3oc2=O)N(C(C)C)C(C)C)cc1.